The maximum atomic E-state index is 13.8. The van der Waals surface area contributed by atoms with Gasteiger partial charge in [0, 0.05) is 25.2 Å². The Kier molecular flexibility index (Phi) is 8.67. The van der Waals surface area contributed by atoms with Crippen molar-refractivity contribution in [3.63, 3.8) is 0 Å². The number of methoxy groups -OCH3 is 1. The fourth-order valence-electron chi connectivity index (χ4n) is 3.42. The van der Waals surface area contributed by atoms with Gasteiger partial charge in [0.05, 0.1) is 35.4 Å². The fourth-order valence-corrected chi connectivity index (χ4v) is 3.69. The van der Waals surface area contributed by atoms with Gasteiger partial charge in [-0.2, -0.15) is 31.4 Å². The van der Waals surface area contributed by atoms with Gasteiger partial charge in [0.1, 0.15) is 23.9 Å². The van der Waals surface area contributed by atoms with E-state index in [-0.39, 0.29) is 51.5 Å². The number of rotatable bonds is 9. The number of anilines is 2. The maximum absolute atomic E-state index is 13.8. The van der Waals surface area contributed by atoms with Crippen LogP contribution in [0.2, 0.25) is 5.02 Å². The molecule has 38 heavy (non-hydrogen) atoms. The van der Waals surface area contributed by atoms with Gasteiger partial charge in [-0.05, 0) is 30.3 Å². The van der Waals surface area contributed by atoms with Gasteiger partial charge in [-0.15, -0.1) is 0 Å². The molecule has 1 amide bonds. The number of aryl methyl sites for hydroxylation is 1. The molecule has 2 N–H and O–H groups in total. The van der Waals surface area contributed by atoms with Crippen molar-refractivity contribution in [3.05, 3.63) is 47.6 Å². The Morgan fingerprint density at radius 2 is 1.76 bits per heavy atom. The molecule has 0 bridgehead atoms. The number of ether oxygens (including phenoxy) is 3. The molecule has 0 saturated carbocycles. The molecule has 0 fully saturated rings. The predicted molar refractivity (Wildman–Crippen MR) is 126 cm³/mol. The monoisotopic (exact) mass is 566 g/mol. The average molecular weight is 567 g/mol. The topological polar surface area (TPSA) is 91.8 Å². The van der Waals surface area contributed by atoms with Crippen LogP contribution in [0.5, 0.6) is 17.2 Å². The fraction of sp³-hybridized carbons (Fsp3) is 0.304. The molecular formula is C23H21ClF6N4O4. The van der Waals surface area contributed by atoms with Crippen LogP contribution in [0, 0.1) is 0 Å². The highest BCUT2D eigenvalue weighted by Crippen LogP contribution is 2.43. The summed E-state index contributed by atoms with van der Waals surface area (Å²) in [5.41, 5.74) is 4.84. The molecule has 0 spiro atoms. The molecule has 1 heterocycles. The van der Waals surface area contributed by atoms with Gasteiger partial charge in [-0.25, -0.2) is 0 Å². The van der Waals surface area contributed by atoms with Crippen LogP contribution in [0.4, 0.5) is 37.7 Å². The molecule has 0 aliphatic carbocycles. The quantitative estimate of drug-likeness (QED) is 0.356. The summed E-state index contributed by atoms with van der Waals surface area (Å²) in [6, 6.07) is 6.65. The van der Waals surface area contributed by atoms with Crippen LogP contribution in [-0.4, -0.2) is 54.9 Å². The minimum Gasteiger partial charge on any atom is -0.497 e. The molecule has 0 aliphatic rings. The van der Waals surface area contributed by atoms with Crippen molar-refractivity contribution in [1.29, 1.82) is 0 Å². The molecule has 1 aromatic heterocycles. The van der Waals surface area contributed by atoms with Crippen LogP contribution < -0.4 is 24.8 Å². The van der Waals surface area contributed by atoms with Crippen molar-refractivity contribution < 1.29 is 45.3 Å². The Morgan fingerprint density at radius 1 is 1.08 bits per heavy atom. The van der Waals surface area contributed by atoms with Crippen LogP contribution in [0.1, 0.15) is 0 Å². The molecule has 2 aromatic carbocycles. The highest BCUT2D eigenvalue weighted by atomic mass is 35.5. The van der Waals surface area contributed by atoms with Crippen LogP contribution in [-0.2, 0) is 11.8 Å². The lowest BCUT2D eigenvalue weighted by Gasteiger charge is -2.27. The molecule has 8 nitrogen and oxygen atoms in total. The summed E-state index contributed by atoms with van der Waals surface area (Å²) >= 11 is 6.25. The van der Waals surface area contributed by atoms with Gasteiger partial charge < -0.3 is 19.9 Å². The van der Waals surface area contributed by atoms with E-state index in [0.717, 1.165) is 24.3 Å². The molecule has 206 valence electrons. The molecule has 15 heteroatoms. The van der Waals surface area contributed by atoms with Crippen LogP contribution >= 0.6 is 11.6 Å². The normalized spacial score (nSPS) is 11.8. The van der Waals surface area contributed by atoms with E-state index in [2.05, 4.69) is 5.10 Å². The van der Waals surface area contributed by atoms with Gasteiger partial charge in [0.25, 0.3) is 0 Å². The van der Waals surface area contributed by atoms with Crippen molar-refractivity contribution in [2.45, 2.75) is 12.4 Å². The second kappa shape index (κ2) is 11.4. The lowest BCUT2D eigenvalue weighted by molar-refractivity contribution is -0.169. The summed E-state index contributed by atoms with van der Waals surface area (Å²) in [6.07, 6.45) is -8.94. The first-order valence-corrected chi connectivity index (χ1v) is 11.1. The zero-order valence-corrected chi connectivity index (χ0v) is 20.6. The Hall–Kier alpha value is -3.65. The van der Waals surface area contributed by atoms with Crippen LogP contribution in [0.15, 0.2) is 42.6 Å². The van der Waals surface area contributed by atoms with E-state index in [9.17, 15) is 31.1 Å². The highest BCUT2D eigenvalue weighted by Gasteiger charge is 2.45. The Morgan fingerprint density at radius 3 is 2.32 bits per heavy atom. The molecule has 0 unspecified atom stereocenters. The van der Waals surface area contributed by atoms with Crippen molar-refractivity contribution in [3.8, 4) is 28.5 Å². The van der Waals surface area contributed by atoms with Crippen molar-refractivity contribution in [2.75, 3.05) is 31.8 Å². The lowest BCUT2D eigenvalue weighted by Crippen LogP contribution is -2.38. The van der Waals surface area contributed by atoms with E-state index < -0.39 is 36.3 Å². The average Bonchev–Trinajstić information content (AvgIpc) is 3.18. The second-order valence-corrected chi connectivity index (χ2v) is 8.07. The van der Waals surface area contributed by atoms with Gasteiger partial charge in [0.2, 0.25) is 0 Å². The summed E-state index contributed by atoms with van der Waals surface area (Å²) in [5.74, 6) is -2.94. The number of halogens is 7. The van der Waals surface area contributed by atoms with Crippen molar-refractivity contribution >= 4 is 28.9 Å². The minimum absolute atomic E-state index is 0.0400. The highest BCUT2D eigenvalue weighted by molar-refractivity contribution is 6.33. The third-order valence-corrected chi connectivity index (χ3v) is 5.27. The minimum atomic E-state index is -5.43. The molecule has 0 saturated heterocycles. The number of hydrogen-bond acceptors (Lipinski definition) is 6. The largest absolute Gasteiger partial charge is 0.497 e. The van der Waals surface area contributed by atoms with E-state index in [1.54, 1.807) is 0 Å². The molecular weight excluding hydrogens is 546 g/mol. The SMILES string of the molecule is COc1ccc(OCC(F)(F)F)c(N(C(=O)C(F)(F)F)c2ccc(OCCN)c(-c3c(Cl)cnn3C)c2)c1. The van der Waals surface area contributed by atoms with Gasteiger partial charge >= 0.3 is 18.3 Å². The zero-order valence-electron chi connectivity index (χ0n) is 19.9. The van der Waals surface area contributed by atoms with Gasteiger partial charge in [0.15, 0.2) is 6.61 Å². The Balaban J connectivity index is 2.28. The Labute approximate surface area is 217 Å². The summed E-state index contributed by atoms with van der Waals surface area (Å²) < 4.78 is 96.7. The van der Waals surface area contributed by atoms with E-state index >= 15 is 0 Å². The number of carbonyl (C=O) groups excluding carboxylic acids is 1. The Bertz CT molecular complexity index is 1280. The zero-order chi connectivity index (χ0) is 28.3. The number of nitrogens with zero attached hydrogens (tertiary/aromatic N) is 3. The number of amides is 1. The molecule has 3 rings (SSSR count). The summed E-state index contributed by atoms with van der Waals surface area (Å²) in [6.45, 7) is -1.66. The first-order chi connectivity index (χ1) is 17.8. The smallest absolute Gasteiger partial charge is 0.472 e. The summed E-state index contributed by atoms with van der Waals surface area (Å²) in [4.78, 5) is 12.9. The van der Waals surface area contributed by atoms with E-state index in [4.69, 9.17) is 31.5 Å². The van der Waals surface area contributed by atoms with E-state index in [1.165, 1.54) is 37.2 Å². The summed E-state index contributed by atoms with van der Waals surface area (Å²) in [5, 5.41) is 4.12. The number of nitrogens with two attached hydrogens (primary N) is 1. The second-order valence-electron chi connectivity index (χ2n) is 7.66. The van der Waals surface area contributed by atoms with E-state index in [0.29, 0.717) is 0 Å². The molecule has 3 aromatic rings. The first kappa shape index (κ1) is 28.9. The third-order valence-electron chi connectivity index (χ3n) is 4.99. The van der Waals surface area contributed by atoms with Gasteiger partial charge in [-0.3, -0.25) is 14.4 Å². The van der Waals surface area contributed by atoms with E-state index in [1.807, 2.05) is 0 Å². The lowest BCUT2D eigenvalue weighted by atomic mass is 10.1. The number of benzene rings is 2. The van der Waals surface area contributed by atoms with Gasteiger partial charge in [-0.1, -0.05) is 11.6 Å². The van der Waals surface area contributed by atoms with Crippen LogP contribution in [0.25, 0.3) is 11.3 Å². The molecule has 0 aliphatic heterocycles. The van der Waals surface area contributed by atoms with Crippen molar-refractivity contribution in [1.82, 2.24) is 9.78 Å². The number of hydrogen-bond donors (Lipinski definition) is 1. The molecule has 0 radical (unpaired) electrons. The van der Waals surface area contributed by atoms with Crippen LogP contribution in [0.3, 0.4) is 0 Å². The van der Waals surface area contributed by atoms with Crippen molar-refractivity contribution in [2.24, 2.45) is 12.8 Å². The number of aromatic nitrogens is 2. The maximum Gasteiger partial charge on any atom is 0.472 e. The number of carbonyl (C=O) groups is 1. The predicted octanol–water partition coefficient (Wildman–Crippen LogP) is 5.25. The number of alkyl halides is 6. The third kappa shape index (κ3) is 6.61. The first-order valence-electron chi connectivity index (χ1n) is 10.7. The standard InChI is InChI=1S/C23H21ClF6N4O4/c1-33-20(16(24)11-32-33)15-9-13(3-5-18(15)37-8-7-31)34(21(35)23(28,29)30)17-10-14(36-2)4-6-19(17)38-12-22(25,26)27/h3-6,9-11H,7-8,12,31H2,1-2H3. The molecule has 0 atom stereocenters. The summed E-state index contributed by atoms with van der Waals surface area (Å²) in [7, 11) is 2.71.